The molecule has 1 N–H and O–H groups in total. The van der Waals surface area contributed by atoms with Gasteiger partial charge in [0.05, 0.1) is 30.9 Å². The molecule has 0 atom stereocenters. The molecule has 0 fully saturated rings. The quantitative estimate of drug-likeness (QED) is 0.349. The van der Waals surface area contributed by atoms with Crippen molar-refractivity contribution in [1.82, 2.24) is 5.43 Å². The number of nitrogens with zero attached hydrogens (tertiary/aromatic N) is 1. The molecule has 0 aliphatic heterocycles. The van der Waals surface area contributed by atoms with Crippen molar-refractivity contribution < 1.29 is 19.0 Å². The summed E-state index contributed by atoms with van der Waals surface area (Å²) in [5, 5.41) is 4.90. The number of methoxy groups -OCH3 is 1. The van der Waals surface area contributed by atoms with E-state index in [2.05, 4.69) is 31.2 Å². The summed E-state index contributed by atoms with van der Waals surface area (Å²) in [6.07, 6.45) is 1.66. The summed E-state index contributed by atoms with van der Waals surface area (Å²) in [5.41, 5.74) is 4.71. The maximum Gasteiger partial charge on any atom is 0.343 e. The maximum absolute atomic E-state index is 11.3. The first-order valence-electron chi connectivity index (χ1n) is 8.20. The van der Waals surface area contributed by atoms with Gasteiger partial charge in [0.15, 0.2) is 18.1 Å². The highest BCUT2D eigenvalue weighted by Crippen LogP contribution is 2.36. The molecule has 0 amide bonds. The molecule has 0 aliphatic carbocycles. The van der Waals surface area contributed by atoms with Gasteiger partial charge in [-0.25, -0.2) is 4.79 Å². The highest BCUT2D eigenvalue weighted by atomic mass is 79.9. The van der Waals surface area contributed by atoms with Gasteiger partial charge in [0.2, 0.25) is 0 Å². The number of hydrazone groups is 1. The van der Waals surface area contributed by atoms with E-state index in [0.717, 1.165) is 11.1 Å². The average molecular weight is 456 g/mol. The normalized spacial score (nSPS) is 10.7. The Morgan fingerprint density at radius 3 is 2.78 bits per heavy atom. The molecule has 2 rings (SSSR count). The summed E-state index contributed by atoms with van der Waals surface area (Å²) < 4.78 is 16.3. The lowest BCUT2D eigenvalue weighted by atomic mass is 10.2. The van der Waals surface area contributed by atoms with Crippen LogP contribution >= 0.6 is 27.5 Å². The second-order valence-corrected chi connectivity index (χ2v) is 6.57. The lowest BCUT2D eigenvalue weighted by molar-refractivity contribution is -0.142. The van der Waals surface area contributed by atoms with Gasteiger partial charge in [-0.3, -0.25) is 0 Å². The van der Waals surface area contributed by atoms with Gasteiger partial charge >= 0.3 is 5.97 Å². The lowest BCUT2D eigenvalue weighted by Crippen LogP contribution is -2.13. The zero-order valence-electron chi connectivity index (χ0n) is 15.0. The molecule has 2 aromatic rings. The van der Waals surface area contributed by atoms with Crippen molar-refractivity contribution in [2.45, 2.75) is 13.5 Å². The number of carbonyl (C=O) groups excluding carboxylic acids is 1. The first kappa shape index (κ1) is 21.1. The summed E-state index contributed by atoms with van der Waals surface area (Å²) in [6, 6.07) is 11.2. The molecule has 8 heteroatoms. The van der Waals surface area contributed by atoms with E-state index in [1.54, 1.807) is 12.3 Å². The summed E-state index contributed by atoms with van der Waals surface area (Å²) >= 11 is 9.55. The minimum Gasteiger partial charge on any atom is -0.490 e. The molecule has 0 saturated heterocycles. The van der Waals surface area contributed by atoms with Crippen molar-refractivity contribution in [3.8, 4) is 11.5 Å². The van der Waals surface area contributed by atoms with E-state index >= 15 is 0 Å². The van der Waals surface area contributed by atoms with Gasteiger partial charge < -0.3 is 19.6 Å². The van der Waals surface area contributed by atoms with Crippen LogP contribution in [0.2, 0.25) is 5.02 Å². The van der Waals surface area contributed by atoms with Crippen LogP contribution in [0.1, 0.15) is 18.1 Å². The SMILES string of the molecule is CCOc1cc(/C=N\NCc2ccccc2Cl)cc(Br)c1OCC(=O)OC. The number of halogens is 2. The van der Waals surface area contributed by atoms with Crippen molar-refractivity contribution >= 4 is 39.7 Å². The smallest absolute Gasteiger partial charge is 0.343 e. The van der Waals surface area contributed by atoms with Gasteiger partial charge in [-0.05, 0) is 52.2 Å². The number of hydrogen-bond donors (Lipinski definition) is 1. The molecule has 27 heavy (non-hydrogen) atoms. The van der Waals surface area contributed by atoms with Crippen LogP contribution in [-0.2, 0) is 16.1 Å². The number of nitrogens with one attached hydrogen (secondary N) is 1. The third-order valence-corrected chi connectivity index (χ3v) is 4.38. The predicted octanol–water partition coefficient (Wildman–Crippen LogP) is 4.18. The molecule has 0 spiro atoms. The Kier molecular flexibility index (Phi) is 8.42. The third-order valence-electron chi connectivity index (χ3n) is 3.43. The number of rotatable bonds is 9. The Hall–Kier alpha value is -2.25. The maximum atomic E-state index is 11.3. The Labute approximate surface area is 171 Å². The van der Waals surface area contributed by atoms with E-state index in [1.165, 1.54) is 7.11 Å². The van der Waals surface area contributed by atoms with Gasteiger partial charge in [0, 0.05) is 5.02 Å². The minimum atomic E-state index is -0.473. The number of ether oxygens (including phenoxy) is 3. The molecule has 0 heterocycles. The van der Waals surface area contributed by atoms with Crippen molar-refractivity contribution in [1.29, 1.82) is 0 Å². The number of carbonyl (C=O) groups is 1. The van der Waals surface area contributed by atoms with Crippen molar-refractivity contribution in [3.05, 3.63) is 57.0 Å². The van der Waals surface area contributed by atoms with E-state index in [-0.39, 0.29) is 6.61 Å². The molecule has 6 nitrogen and oxygen atoms in total. The molecule has 0 unspecified atom stereocenters. The van der Waals surface area contributed by atoms with E-state index < -0.39 is 5.97 Å². The van der Waals surface area contributed by atoms with Crippen LogP contribution in [-0.4, -0.2) is 32.5 Å². The zero-order valence-corrected chi connectivity index (χ0v) is 17.3. The third kappa shape index (κ3) is 6.45. The Morgan fingerprint density at radius 1 is 1.30 bits per heavy atom. The van der Waals surface area contributed by atoms with Crippen LogP contribution in [0.25, 0.3) is 0 Å². The first-order valence-corrected chi connectivity index (χ1v) is 9.37. The number of esters is 1. The fourth-order valence-corrected chi connectivity index (χ4v) is 2.92. The average Bonchev–Trinajstić information content (AvgIpc) is 2.66. The molecule has 0 aliphatic rings. The minimum absolute atomic E-state index is 0.206. The van der Waals surface area contributed by atoms with Gasteiger partial charge in [-0.2, -0.15) is 5.10 Å². The van der Waals surface area contributed by atoms with Crippen LogP contribution in [0.3, 0.4) is 0 Å². The Balaban J connectivity index is 2.08. The van der Waals surface area contributed by atoms with Crippen LogP contribution < -0.4 is 14.9 Å². The Bertz CT molecular complexity index is 814. The van der Waals surface area contributed by atoms with Gasteiger partial charge in [0.25, 0.3) is 0 Å². The predicted molar refractivity (Wildman–Crippen MR) is 109 cm³/mol. The van der Waals surface area contributed by atoms with E-state index in [0.29, 0.717) is 34.1 Å². The molecular weight excluding hydrogens is 436 g/mol. The standard InChI is InChI=1S/C19H20BrClN2O4/c1-3-26-17-9-13(8-15(20)19(17)27-12-18(24)25-2)10-22-23-11-14-6-4-5-7-16(14)21/h4-10,23H,3,11-12H2,1-2H3/b22-10-. The summed E-state index contributed by atoms with van der Waals surface area (Å²) in [5.74, 6) is 0.463. The van der Waals surface area contributed by atoms with Gasteiger partial charge in [0.1, 0.15) is 0 Å². The zero-order chi connectivity index (χ0) is 19.6. The first-order chi connectivity index (χ1) is 13.0. The van der Waals surface area contributed by atoms with Crippen LogP contribution in [0.4, 0.5) is 0 Å². The summed E-state index contributed by atoms with van der Waals surface area (Å²) in [6.45, 7) is 2.62. The molecule has 0 radical (unpaired) electrons. The second kappa shape index (κ2) is 10.8. The topological polar surface area (TPSA) is 69.1 Å². The van der Waals surface area contributed by atoms with E-state index in [1.807, 2.05) is 37.3 Å². The highest BCUT2D eigenvalue weighted by Gasteiger charge is 2.13. The number of hydrogen-bond acceptors (Lipinski definition) is 6. The van der Waals surface area contributed by atoms with Crippen LogP contribution in [0.5, 0.6) is 11.5 Å². The van der Waals surface area contributed by atoms with Crippen LogP contribution in [0, 0.1) is 0 Å². The van der Waals surface area contributed by atoms with E-state index in [4.69, 9.17) is 21.1 Å². The fraction of sp³-hybridized carbons (Fsp3) is 0.263. The van der Waals surface area contributed by atoms with Crippen molar-refractivity contribution in [2.24, 2.45) is 5.10 Å². The fourth-order valence-electron chi connectivity index (χ4n) is 2.15. The Morgan fingerprint density at radius 2 is 2.07 bits per heavy atom. The summed E-state index contributed by atoms with van der Waals surface area (Å²) in [4.78, 5) is 11.3. The lowest BCUT2D eigenvalue weighted by Gasteiger charge is -2.14. The highest BCUT2D eigenvalue weighted by molar-refractivity contribution is 9.10. The monoisotopic (exact) mass is 454 g/mol. The molecule has 0 bridgehead atoms. The molecule has 2 aromatic carbocycles. The molecule has 144 valence electrons. The largest absolute Gasteiger partial charge is 0.490 e. The van der Waals surface area contributed by atoms with E-state index in [9.17, 15) is 4.79 Å². The molecule has 0 aromatic heterocycles. The van der Waals surface area contributed by atoms with Crippen LogP contribution in [0.15, 0.2) is 46.0 Å². The second-order valence-electron chi connectivity index (χ2n) is 5.31. The molecule has 0 saturated carbocycles. The summed E-state index contributed by atoms with van der Waals surface area (Å²) in [7, 11) is 1.30. The molecular formula is C19H20BrClN2O4. The van der Waals surface area contributed by atoms with Gasteiger partial charge in [-0.15, -0.1) is 0 Å². The van der Waals surface area contributed by atoms with Crippen molar-refractivity contribution in [3.63, 3.8) is 0 Å². The van der Waals surface area contributed by atoms with Crippen molar-refractivity contribution in [2.75, 3.05) is 20.3 Å². The van der Waals surface area contributed by atoms with Gasteiger partial charge in [-0.1, -0.05) is 29.8 Å². The number of benzene rings is 2.